The van der Waals surface area contributed by atoms with Crippen LogP contribution < -0.4 is 11.0 Å². The number of H-pyrrole nitrogens is 1. The van der Waals surface area contributed by atoms with Gasteiger partial charge in [0.25, 0.3) is 5.56 Å². The number of anilines is 1. The molecule has 0 aliphatic rings. The molecule has 0 atom stereocenters. The lowest BCUT2D eigenvalue weighted by Gasteiger charge is -2.19. The number of alkyl halides is 2. The van der Waals surface area contributed by atoms with E-state index in [-0.39, 0.29) is 11.5 Å². The van der Waals surface area contributed by atoms with Crippen molar-refractivity contribution in [3.8, 4) is 17.3 Å². The fourth-order valence-corrected chi connectivity index (χ4v) is 4.14. The summed E-state index contributed by atoms with van der Waals surface area (Å²) in [6.45, 7) is 7.92. The molecule has 6 nitrogen and oxygen atoms in total. The summed E-state index contributed by atoms with van der Waals surface area (Å²) in [5.74, 6) is 0.140. The van der Waals surface area contributed by atoms with Crippen molar-refractivity contribution in [2.45, 2.75) is 32.5 Å². The summed E-state index contributed by atoms with van der Waals surface area (Å²) in [5.41, 5.74) is 9.04. The molecule has 2 aromatic carbocycles. The lowest BCUT2D eigenvalue weighted by Crippen LogP contribution is -2.16. The third kappa shape index (κ3) is 4.48. The Balaban J connectivity index is 1.98. The number of nitriles is 1. The summed E-state index contributed by atoms with van der Waals surface area (Å²) >= 11 is 12.3. The van der Waals surface area contributed by atoms with Gasteiger partial charge in [0.1, 0.15) is 16.5 Å². The number of halogens is 2. The predicted octanol–water partition coefficient (Wildman–Crippen LogP) is 5.46. The molecule has 0 amide bonds. The second-order valence-electron chi connectivity index (χ2n) is 7.11. The van der Waals surface area contributed by atoms with E-state index in [2.05, 4.69) is 20.5 Å². The van der Waals surface area contributed by atoms with Gasteiger partial charge in [0.05, 0.1) is 11.9 Å². The molecule has 0 spiro atoms. The Labute approximate surface area is 190 Å². The summed E-state index contributed by atoms with van der Waals surface area (Å²) in [5, 5.41) is 13.6. The summed E-state index contributed by atoms with van der Waals surface area (Å²) < 4.78 is 0. The van der Waals surface area contributed by atoms with Gasteiger partial charge in [0, 0.05) is 11.1 Å². The van der Waals surface area contributed by atoms with E-state index in [0.29, 0.717) is 11.3 Å². The summed E-state index contributed by atoms with van der Waals surface area (Å²) in [4.78, 5) is 18.7. The van der Waals surface area contributed by atoms with E-state index in [9.17, 15) is 10.1 Å². The highest BCUT2D eigenvalue weighted by Gasteiger charge is 2.18. The van der Waals surface area contributed by atoms with Crippen LogP contribution in [-0.2, 0) is 0 Å². The Morgan fingerprint density at radius 2 is 1.71 bits per heavy atom. The SMILES string of the molecule is Cc1c(C)c(C(Cl)Cl)c(C)c(C)c1C=NNc1nc(-c2ccccc2)c(C#N)c(=O)[nH]1. The van der Waals surface area contributed by atoms with Gasteiger partial charge < -0.3 is 0 Å². The minimum Gasteiger partial charge on any atom is -0.290 e. The van der Waals surface area contributed by atoms with Gasteiger partial charge in [0.15, 0.2) is 0 Å². The average molecular weight is 454 g/mol. The van der Waals surface area contributed by atoms with E-state index in [4.69, 9.17) is 23.2 Å². The standard InChI is InChI=1S/C23H21Cl2N5O/c1-12-14(3)19(21(24)25)15(4)13(2)18(12)11-27-30-23-28-20(16-8-6-5-7-9-16)17(10-26)22(31)29-23/h5-9,11,21H,1-4H3,(H2,28,29,30,31). The normalized spacial score (nSPS) is 11.2. The van der Waals surface area contributed by atoms with E-state index in [1.54, 1.807) is 18.3 Å². The Kier molecular flexibility index (Phi) is 6.79. The third-order valence-corrected chi connectivity index (χ3v) is 5.84. The van der Waals surface area contributed by atoms with Crippen molar-refractivity contribution in [3.05, 3.63) is 79.6 Å². The highest BCUT2D eigenvalue weighted by molar-refractivity contribution is 6.44. The highest BCUT2D eigenvalue weighted by Crippen LogP contribution is 2.35. The lowest BCUT2D eigenvalue weighted by molar-refractivity contribution is 1.07. The molecule has 0 unspecified atom stereocenters. The lowest BCUT2D eigenvalue weighted by atomic mass is 9.90. The zero-order valence-corrected chi connectivity index (χ0v) is 19.1. The monoisotopic (exact) mass is 453 g/mol. The van der Waals surface area contributed by atoms with Crippen LogP contribution in [0, 0.1) is 39.0 Å². The first-order valence-electron chi connectivity index (χ1n) is 9.53. The maximum atomic E-state index is 12.4. The molecular formula is C23H21Cl2N5O. The Morgan fingerprint density at radius 1 is 1.10 bits per heavy atom. The van der Waals surface area contributed by atoms with Gasteiger partial charge in [-0.25, -0.2) is 10.4 Å². The predicted molar refractivity (Wildman–Crippen MR) is 126 cm³/mol. The van der Waals surface area contributed by atoms with Crippen molar-refractivity contribution in [3.63, 3.8) is 0 Å². The van der Waals surface area contributed by atoms with E-state index >= 15 is 0 Å². The number of aromatic amines is 1. The number of aromatic nitrogens is 2. The number of benzene rings is 2. The fourth-order valence-electron chi connectivity index (χ4n) is 3.48. The summed E-state index contributed by atoms with van der Waals surface area (Å²) in [6.07, 6.45) is 1.67. The molecule has 1 aromatic heterocycles. The number of rotatable bonds is 5. The molecule has 0 aliphatic heterocycles. The molecule has 3 aromatic rings. The molecule has 0 fully saturated rings. The summed E-state index contributed by atoms with van der Waals surface area (Å²) in [7, 11) is 0. The van der Waals surface area contributed by atoms with Crippen molar-refractivity contribution in [1.82, 2.24) is 9.97 Å². The van der Waals surface area contributed by atoms with Crippen LogP contribution in [0.3, 0.4) is 0 Å². The van der Waals surface area contributed by atoms with Crippen LogP contribution in [0.4, 0.5) is 5.95 Å². The zero-order valence-electron chi connectivity index (χ0n) is 17.5. The molecule has 1 heterocycles. The molecule has 2 N–H and O–H groups in total. The van der Waals surface area contributed by atoms with Crippen molar-refractivity contribution < 1.29 is 0 Å². The number of hydrogen-bond acceptors (Lipinski definition) is 5. The number of hydrazone groups is 1. The molecule has 8 heteroatoms. The average Bonchev–Trinajstić information content (AvgIpc) is 2.75. The van der Waals surface area contributed by atoms with Crippen LogP contribution in [0.25, 0.3) is 11.3 Å². The second kappa shape index (κ2) is 9.34. The quantitative estimate of drug-likeness (QED) is 0.304. The van der Waals surface area contributed by atoms with Crippen LogP contribution in [0.5, 0.6) is 0 Å². The number of nitrogens with zero attached hydrogens (tertiary/aromatic N) is 3. The van der Waals surface area contributed by atoms with Crippen LogP contribution in [0.2, 0.25) is 0 Å². The van der Waals surface area contributed by atoms with Crippen LogP contribution >= 0.6 is 23.2 Å². The second-order valence-corrected chi connectivity index (χ2v) is 8.21. The van der Waals surface area contributed by atoms with Gasteiger partial charge in [-0.3, -0.25) is 9.78 Å². The first-order valence-corrected chi connectivity index (χ1v) is 10.4. The molecule has 3 rings (SSSR count). The molecule has 0 saturated carbocycles. The third-order valence-electron chi connectivity index (χ3n) is 5.40. The van der Waals surface area contributed by atoms with Gasteiger partial charge in [-0.15, -0.1) is 23.2 Å². The van der Waals surface area contributed by atoms with E-state index in [1.807, 2.05) is 52.0 Å². The van der Waals surface area contributed by atoms with E-state index in [0.717, 1.165) is 33.4 Å². The van der Waals surface area contributed by atoms with Gasteiger partial charge in [0.2, 0.25) is 5.95 Å². The smallest absolute Gasteiger partial charge is 0.270 e. The van der Waals surface area contributed by atoms with Gasteiger partial charge >= 0.3 is 0 Å². The Bertz CT molecular complexity index is 1230. The van der Waals surface area contributed by atoms with E-state index in [1.165, 1.54) is 0 Å². The van der Waals surface area contributed by atoms with Crippen LogP contribution in [-0.4, -0.2) is 16.2 Å². The van der Waals surface area contributed by atoms with Crippen LogP contribution in [0.15, 0.2) is 40.2 Å². The summed E-state index contributed by atoms with van der Waals surface area (Å²) in [6, 6.07) is 11.0. The molecule has 31 heavy (non-hydrogen) atoms. The van der Waals surface area contributed by atoms with Crippen molar-refractivity contribution >= 4 is 35.4 Å². The molecule has 0 saturated heterocycles. The molecular weight excluding hydrogens is 433 g/mol. The van der Waals surface area contributed by atoms with Gasteiger partial charge in [-0.1, -0.05) is 30.3 Å². The van der Waals surface area contributed by atoms with Gasteiger partial charge in [-0.05, 0) is 55.5 Å². The maximum absolute atomic E-state index is 12.4. The fraction of sp³-hybridized carbons (Fsp3) is 0.217. The minimum atomic E-state index is -0.606. The molecule has 0 bridgehead atoms. The van der Waals surface area contributed by atoms with Crippen LogP contribution in [0.1, 0.15) is 43.8 Å². The minimum absolute atomic E-state index is 0.0500. The zero-order chi connectivity index (χ0) is 22.7. The first kappa shape index (κ1) is 22.5. The van der Waals surface area contributed by atoms with Crippen molar-refractivity contribution in [2.24, 2.45) is 5.10 Å². The number of nitrogens with one attached hydrogen (secondary N) is 2. The van der Waals surface area contributed by atoms with Gasteiger partial charge in [-0.2, -0.15) is 10.4 Å². The molecule has 0 aliphatic carbocycles. The maximum Gasteiger partial charge on any atom is 0.270 e. The highest BCUT2D eigenvalue weighted by atomic mass is 35.5. The molecule has 158 valence electrons. The van der Waals surface area contributed by atoms with Crippen molar-refractivity contribution in [2.75, 3.05) is 5.43 Å². The van der Waals surface area contributed by atoms with E-state index < -0.39 is 10.4 Å². The topological polar surface area (TPSA) is 93.9 Å². The Morgan fingerprint density at radius 3 is 2.26 bits per heavy atom. The first-order chi connectivity index (χ1) is 14.8. The largest absolute Gasteiger partial charge is 0.290 e. The van der Waals surface area contributed by atoms with Crippen molar-refractivity contribution in [1.29, 1.82) is 5.26 Å². The Hall–Kier alpha value is -3.14. The number of hydrogen-bond donors (Lipinski definition) is 2. The molecule has 0 radical (unpaired) electrons.